The monoisotopic (exact) mass is 184 g/mol. The Morgan fingerprint density at radius 1 is 1.62 bits per heavy atom. The molecule has 13 heavy (non-hydrogen) atoms. The van der Waals surface area contributed by atoms with Gasteiger partial charge >= 0.3 is 5.97 Å². The van der Waals surface area contributed by atoms with E-state index in [1.165, 1.54) is 13.0 Å². The number of allylic oxidation sites excluding steroid dienone is 1. The number of aliphatic hydroxyl groups is 1. The Labute approximate surface area is 78.7 Å². The Balaban J connectivity index is 3.85. The van der Waals surface area contributed by atoms with Gasteiger partial charge in [0.25, 0.3) is 5.95 Å². The zero-order valence-corrected chi connectivity index (χ0v) is 8.17. The van der Waals surface area contributed by atoms with Crippen LogP contribution in [-0.4, -0.2) is 11.1 Å². The molecule has 0 aliphatic heterocycles. The first-order chi connectivity index (χ1) is 6.07. The average Bonchev–Trinajstić information content (AvgIpc) is 2.04. The van der Waals surface area contributed by atoms with Crippen LogP contribution < -0.4 is 0 Å². The molecule has 0 heterocycles. The standard InChI is InChI=1S/C10H16O3/c1-4-5-6-7-9(11)13-10(12)8(2)3/h7,11H,2,4-6H2,1,3H3. The Morgan fingerprint density at radius 3 is 2.69 bits per heavy atom. The number of hydrogen-bond acceptors (Lipinski definition) is 3. The fourth-order valence-corrected chi connectivity index (χ4v) is 0.653. The molecule has 0 aliphatic carbocycles. The second-order valence-electron chi connectivity index (χ2n) is 2.85. The quantitative estimate of drug-likeness (QED) is 0.309. The smallest absolute Gasteiger partial charge is 0.340 e. The molecule has 0 saturated carbocycles. The van der Waals surface area contributed by atoms with Gasteiger partial charge in [0.1, 0.15) is 0 Å². The summed E-state index contributed by atoms with van der Waals surface area (Å²) in [7, 11) is 0. The van der Waals surface area contributed by atoms with Gasteiger partial charge in [0, 0.05) is 5.57 Å². The summed E-state index contributed by atoms with van der Waals surface area (Å²) in [5.41, 5.74) is 0.274. The van der Waals surface area contributed by atoms with E-state index < -0.39 is 5.97 Å². The van der Waals surface area contributed by atoms with E-state index in [1.54, 1.807) is 0 Å². The number of esters is 1. The van der Waals surface area contributed by atoms with Crippen LogP contribution in [-0.2, 0) is 9.53 Å². The predicted molar refractivity (Wildman–Crippen MR) is 51.1 cm³/mol. The van der Waals surface area contributed by atoms with Crippen molar-refractivity contribution in [3.63, 3.8) is 0 Å². The van der Waals surface area contributed by atoms with Gasteiger partial charge in [-0.05, 0) is 25.8 Å². The molecule has 0 aromatic rings. The minimum Gasteiger partial charge on any atom is -0.481 e. The lowest BCUT2D eigenvalue weighted by Gasteiger charge is -2.01. The molecule has 0 aromatic carbocycles. The van der Waals surface area contributed by atoms with Crippen molar-refractivity contribution in [2.75, 3.05) is 0 Å². The molecule has 0 aliphatic rings. The lowest BCUT2D eigenvalue weighted by molar-refractivity contribution is -0.138. The molecule has 0 amide bonds. The number of hydrogen-bond donors (Lipinski definition) is 1. The van der Waals surface area contributed by atoms with E-state index >= 15 is 0 Å². The van der Waals surface area contributed by atoms with Crippen molar-refractivity contribution in [3.05, 3.63) is 24.2 Å². The van der Waals surface area contributed by atoms with Crippen LogP contribution in [0, 0.1) is 0 Å². The minimum absolute atomic E-state index is 0.274. The van der Waals surface area contributed by atoms with E-state index in [0.29, 0.717) is 6.42 Å². The summed E-state index contributed by atoms with van der Waals surface area (Å²) in [4.78, 5) is 10.9. The number of aliphatic hydroxyl groups excluding tert-OH is 1. The van der Waals surface area contributed by atoms with Crippen molar-refractivity contribution < 1.29 is 14.6 Å². The van der Waals surface area contributed by atoms with E-state index in [9.17, 15) is 4.79 Å². The first-order valence-corrected chi connectivity index (χ1v) is 4.34. The van der Waals surface area contributed by atoms with Gasteiger partial charge in [-0.2, -0.15) is 0 Å². The van der Waals surface area contributed by atoms with Crippen LogP contribution in [0.15, 0.2) is 24.2 Å². The molecule has 0 atom stereocenters. The van der Waals surface area contributed by atoms with Crippen molar-refractivity contribution in [2.45, 2.75) is 33.1 Å². The van der Waals surface area contributed by atoms with Crippen molar-refractivity contribution in [3.8, 4) is 0 Å². The zero-order chi connectivity index (χ0) is 10.3. The maximum atomic E-state index is 10.9. The first-order valence-electron chi connectivity index (χ1n) is 4.34. The Hall–Kier alpha value is -1.25. The highest BCUT2D eigenvalue weighted by Crippen LogP contribution is 2.03. The molecular weight excluding hydrogens is 168 g/mol. The summed E-state index contributed by atoms with van der Waals surface area (Å²) < 4.78 is 4.54. The van der Waals surface area contributed by atoms with Gasteiger partial charge in [0.05, 0.1) is 0 Å². The highest BCUT2D eigenvalue weighted by Gasteiger charge is 2.05. The topological polar surface area (TPSA) is 46.5 Å². The number of rotatable bonds is 5. The van der Waals surface area contributed by atoms with E-state index in [2.05, 4.69) is 11.3 Å². The summed E-state index contributed by atoms with van der Waals surface area (Å²) in [5.74, 6) is -0.924. The number of ether oxygens (including phenoxy) is 1. The maximum absolute atomic E-state index is 10.9. The Morgan fingerprint density at radius 2 is 2.23 bits per heavy atom. The third kappa shape index (κ3) is 5.96. The Kier molecular flexibility index (Phi) is 5.68. The maximum Gasteiger partial charge on any atom is 0.340 e. The first kappa shape index (κ1) is 11.8. The molecular formula is C10H16O3. The highest BCUT2D eigenvalue weighted by molar-refractivity contribution is 5.87. The summed E-state index contributed by atoms with van der Waals surface area (Å²) in [6.45, 7) is 6.97. The molecule has 74 valence electrons. The molecule has 0 spiro atoms. The molecule has 0 bridgehead atoms. The summed E-state index contributed by atoms with van der Waals surface area (Å²) >= 11 is 0. The largest absolute Gasteiger partial charge is 0.481 e. The predicted octanol–water partition coefficient (Wildman–Crippen LogP) is 2.70. The van der Waals surface area contributed by atoms with Crippen LogP contribution in [0.4, 0.5) is 0 Å². The number of unbranched alkanes of at least 4 members (excludes halogenated alkanes) is 2. The zero-order valence-electron chi connectivity index (χ0n) is 8.17. The molecule has 0 rings (SSSR count). The molecule has 3 heteroatoms. The molecule has 0 unspecified atom stereocenters. The third-order valence-corrected chi connectivity index (χ3v) is 1.42. The van der Waals surface area contributed by atoms with Crippen molar-refractivity contribution in [1.29, 1.82) is 0 Å². The summed E-state index contributed by atoms with van der Waals surface area (Å²) in [5, 5.41) is 9.07. The molecule has 0 aromatic heterocycles. The fourth-order valence-electron chi connectivity index (χ4n) is 0.653. The molecule has 0 radical (unpaired) electrons. The van der Waals surface area contributed by atoms with E-state index in [1.807, 2.05) is 6.92 Å². The third-order valence-electron chi connectivity index (χ3n) is 1.42. The van der Waals surface area contributed by atoms with Gasteiger partial charge in [0.2, 0.25) is 0 Å². The van der Waals surface area contributed by atoms with Gasteiger partial charge in [-0.1, -0.05) is 19.9 Å². The van der Waals surface area contributed by atoms with E-state index in [4.69, 9.17) is 5.11 Å². The summed E-state index contributed by atoms with van der Waals surface area (Å²) in [6, 6.07) is 0. The van der Waals surface area contributed by atoms with Crippen molar-refractivity contribution >= 4 is 5.97 Å². The van der Waals surface area contributed by atoms with Gasteiger partial charge < -0.3 is 9.84 Å². The average molecular weight is 184 g/mol. The number of carbonyl (C=O) groups is 1. The Bertz CT molecular complexity index is 216. The van der Waals surface area contributed by atoms with Crippen LogP contribution in [0.5, 0.6) is 0 Å². The lowest BCUT2D eigenvalue weighted by atomic mass is 10.2. The van der Waals surface area contributed by atoms with Crippen LogP contribution in [0.2, 0.25) is 0 Å². The molecule has 0 saturated heterocycles. The highest BCUT2D eigenvalue weighted by atomic mass is 16.6. The lowest BCUT2D eigenvalue weighted by Crippen LogP contribution is -2.04. The SMILES string of the molecule is C=C(C)C(=O)OC(O)=CCCCC. The van der Waals surface area contributed by atoms with Crippen molar-refractivity contribution in [2.24, 2.45) is 0 Å². The fraction of sp³-hybridized carbons (Fsp3) is 0.500. The molecule has 0 fully saturated rings. The van der Waals surface area contributed by atoms with Gasteiger partial charge in [-0.25, -0.2) is 4.79 Å². The minimum atomic E-state index is -0.592. The summed E-state index contributed by atoms with van der Waals surface area (Å²) in [6.07, 6.45) is 4.21. The second-order valence-corrected chi connectivity index (χ2v) is 2.85. The van der Waals surface area contributed by atoms with Crippen LogP contribution in [0.1, 0.15) is 33.1 Å². The van der Waals surface area contributed by atoms with E-state index in [-0.39, 0.29) is 11.5 Å². The van der Waals surface area contributed by atoms with Gasteiger partial charge in [-0.3, -0.25) is 0 Å². The molecule has 1 N–H and O–H groups in total. The molecule has 3 nitrogen and oxygen atoms in total. The second kappa shape index (κ2) is 6.29. The normalized spacial score (nSPS) is 11.1. The van der Waals surface area contributed by atoms with Gasteiger partial charge in [0.15, 0.2) is 0 Å². The van der Waals surface area contributed by atoms with Crippen molar-refractivity contribution in [1.82, 2.24) is 0 Å². The van der Waals surface area contributed by atoms with E-state index in [0.717, 1.165) is 12.8 Å². The van der Waals surface area contributed by atoms with Crippen LogP contribution in [0.25, 0.3) is 0 Å². The van der Waals surface area contributed by atoms with Gasteiger partial charge in [-0.15, -0.1) is 0 Å². The number of carbonyl (C=O) groups excluding carboxylic acids is 1. The van der Waals surface area contributed by atoms with Crippen LogP contribution >= 0.6 is 0 Å². The van der Waals surface area contributed by atoms with Crippen LogP contribution in [0.3, 0.4) is 0 Å².